The van der Waals surface area contributed by atoms with Gasteiger partial charge in [0.2, 0.25) is 0 Å². The SMILES string of the molecule is O=C(O)OC1CCOc2cc(Oc3ccc(C(=O)NCCCCc4ccc(Cl)cc4Cl)cc3)c(Cl)cc21. The minimum atomic E-state index is -1.36. The fourth-order valence-electron chi connectivity index (χ4n) is 3.95. The van der Waals surface area contributed by atoms with E-state index in [2.05, 4.69) is 5.32 Å². The highest BCUT2D eigenvalue weighted by atomic mass is 35.5. The Labute approximate surface area is 229 Å². The fraction of sp³-hybridized carbons (Fsp3) is 0.259. The summed E-state index contributed by atoms with van der Waals surface area (Å²) in [7, 11) is 0. The molecule has 0 bridgehead atoms. The number of unbranched alkanes of at least 4 members (excludes halogenated alkanes) is 1. The second kappa shape index (κ2) is 12.4. The number of carbonyl (C=O) groups excluding carboxylic acids is 1. The van der Waals surface area contributed by atoms with Crippen LogP contribution in [0.2, 0.25) is 15.1 Å². The van der Waals surface area contributed by atoms with E-state index in [-0.39, 0.29) is 10.9 Å². The summed E-state index contributed by atoms with van der Waals surface area (Å²) in [5.74, 6) is 1.09. The van der Waals surface area contributed by atoms with E-state index < -0.39 is 12.3 Å². The molecule has 0 spiro atoms. The Morgan fingerprint density at radius 1 is 1.00 bits per heavy atom. The summed E-state index contributed by atoms with van der Waals surface area (Å²) in [6.45, 7) is 0.852. The van der Waals surface area contributed by atoms with Crippen molar-refractivity contribution in [1.82, 2.24) is 5.32 Å². The van der Waals surface area contributed by atoms with E-state index in [0.29, 0.717) is 58.0 Å². The number of carboxylic acid groups (broad SMARTS) is 1. The van der Waals surface area contributed by atoms with E-state index in [9.17, 15) is 9.59 Å². The van der Waals surface area contributed by atoms with Crippen LogP contribution in [0.25, 0.3) is 0 Å². The first-order valence-corrected chi connectivity index (χ1v) is 12.8. The van der Waals surface area contributed by atoms with Gasteiger partial charge in [0.25, 0.3) is 5.91 Å². The molecule has 0 saturated carbocycles. The van der Waals surface area contributed by atoms with Crippen LogP contribution in [0.4, 0.5) is 4.79 Å². The molecule has 194 valence electrons. The summed E-state index contributed by atoms with van der Waals surface area (Å²) in [6, 6.07) is 15.3. The summed E-state index contributed by atoms with van der Waals surface area (Å²) >= 11 is 18.5. The number of amides is 1. The predicted octanol–water partition coefficient (Wildman–Crippen LogP) is 7.71. The number of benzene rings is 3. The number of rotatable bonds is 9. The molecule has 0 radical (unpaired) electrons. The van der Waals surface area contributed by atoms with Gasteiger partial charge in [-0.1, -0.05) is 40.9 Å². The number of fused-ring (bicyclic) bond motifs is 1. The van der Waals surface area contributed by atoms with Gasteiger partial charge in [-0.3, -0.25) is 4.79 Å². The van der Waals surface area contributed by atoms with Crippen molar-refractivity contribution in [3.8, 4) is 17.2 Å². The molecule has 0 aromatic heterocycles. The molecule has 1 unspecified atom stereocenters. The number of nitrogens with one attached hydrogen (secondary N) is 1. The van der Waals surface area contributed by atoms with E-state index in [1.54, 1.807) is 42.5 Å². The summed E-state index contributed by atoms with van der Waals surface area (Å²) in [5, 5.41) is 13.4. The first-order chi connectivity index (χ1) is 17.8. The van der Waals surface area contributed by atoms with Gasteiger partial charge in [0, 0.05) is 40.2 Å². The molecule has 7 nitrogen and oxygen atoms in total. The Morgan fingerprint density at radius 3 is 2.51 bits per heavy atom. The monoisotopic (exact) mass is 563 g/mol. The molecule has 3 aromatic rings. The molecule has 4 rings (SSSR count). The molecule has 2 N–H and O–H groups in total. The molecule has 0 fully saturated rings. The van der Waals surface area contributed by atoms with Crippen LogP contribution in [0, 0.1) is 0 Å². The van der Waals surface area contributed by atoms with Gasteiger partial charge in [-0.25, -0.2) is 4.79 Å². The van der Waals surface area contributed by atoms with Crippen molar-refractivity contribution in [2.45, 2.75) is 31.8 Å². The van der Waals surface area contributed by atoms with Crippen LogP contribution < -0.4 is 14.8 Å². The normalized spacial score (nSPS) is 14.3. The predicted molar refractivity (Wildman–Crippen MR) is 142 cm³/mol. The lowest BCUT2D eigenvalue weighted by Gasteiger charge is -2.25. The second-order valence-electron chi connectivity index (χ2n) is 8.41. The fourth-order valence-corrected chi connectivity index (χ4v) is 4.66. The van der Waals surface area contributed by atoms with Crippen molar-refractivity contribution < 1.29 is 28.9 Å². The van der Waals surface area contributed by atoms with Crippen molar-refractivity contribution in [1.29, 1.82) is 0 Å². The van der Waals surface area contributed by atoms with Gasteiger partial charge in [0.1, 0.15) is 23.4 Å². The van der Waals surface area contributed by atoms with Crippen LogP contribution in [0.3, 0.4) is 0 Å². The van der Waals surface area contributed by atoms with Crippen LogP contribution in [0.15, 0.2) is 54.6 Å². The van der Waals surface area contributed by atoms with Crippen LogP contribution in [0.5, 0.6) is 17.2 Å². The first kappa shape index (κ1) is 26.9. The van der Waals surface area contributed by atoms with Gasteiger partial charge in [-0.15, -0.1) is 0 Å². The average molecular weight is 565 g/mol. The standard InChI is InChI=1S/C27H24Cl3NO6/c28-18-7-4-16(21(29)13-18)3-1-2-11-31-26(32)17-5-8-19(9-6-17)36-25-15-24-20(14-22(25)30)23(10-12-35-24)37-27(33)34/h4-9,13-15,23H,1-3,10-12H2,(H,31,32)(H,33,34). The second-order valence-corrected chi connectivity index (χ2v) is 9.66. The Balaban J connectivity index is 1.29. The van der Waals surface area contributed by atoms with E-state index >= 15 is 0 Å². The highest BCUT2D eigenvalue weighted by Gasteiger charge is 2.27. The van der Waals surface area contributed by atoms with E-state index in [1.807, 2.05) is 12.1 Å². The van der Waals surface area contributed by atoms with Crippen molar-refractivity contribution >= 4 is 46.9 Å². The molecule has 1 atom stereocenters. The van der Waals surface area contributed by atoms with E-state index in [0.717, 1.165) is 24.8 Å². The Morgan fingerprint density at radius 2 is 1.78 bits per heavy atom. The number of ether oxygens (including phenoxy) is 3. The Bertz CT molecular complexity index is 1280. The average Bonchev–Trinajstić information content (AvgIpc) is 2.86. The van der Waals surface area contributed by atoms with Crippen LogP contribution in [-0.2, 0) is 11.2 Å². The minimum absolute atomic E-state index is 0.180. The number of hydrogen-bond donors (Lipinski definition) is 2. The largest absolute Gasteiger partial charge is 0.506 e. The maximum absolute atomic E-state index is 12.5. The molecule has 37 heavy (non-hydrogen) atoms. The number of halogens is 3. The van der Waals surface area contributed by atoms with Gasteiger partial charge in [-0.2, -0.15) is 0 Å². The molecular weight excluding hydrogens is 541 g/mol. The maximum Gasteiger partial charge on any atom is 0.506 e. The zero-order valence-corrected chi connectivity index (χ0v) is 21.9. The van der Waals surface area contributed by atoms with Gasteiger partial charge >= 0.3 is 6.16 Å². The Kier molecular flexibility index (Phi) is 9.03. The van der Waals surface area contributed by atoms with Crippen molar-refractivity contribution in [3.63, 3.8) is 0 Å². The van der Waals surface area contributed by atoms with Gasteiger partial charge in [0.15, 0.2) is 0 Å². The summed E-state index contributed by atoms with van der Waals surface area (Å²) in [5.41, 5.74) is 2.09. The third-order valence-electron chi connectivity index (χ3n) is 5.81. The highest BCUT2D eigenvalue weighted by Crippen LogP contribution is 2.42. The molecule has 1 aliphatic heterocycles. The molecule has 0 saturated heterocycles. The molecule has 1 heterocycles. The number of carbonyl (C=O) groups is 2. The zero-order chi connectivity index (χ0) is 26.4. The third kappa shape index (κ3) is 7.22. The molecule has 1 amide bonds. The Hall–Kier alpha value is -3.13. The summed E-state index contributed by atoms with van der Waals surface area (Å²) in [4.78, 5) is 23.4. The number of hydrogen-bond acceptors (Lipinski definition) is 5. The lowest BCUT2D eigenvalue weighted by atomic mass is 10.0. The maximum atomic E-state index is 12.5. The van der Waals surface area contributed by atoms with Gasteiger partial charge in [0.05, 0.1) is 11.6 Å². The molecular formula is C27H24Cl3NO6. The minimum Gasteiger partial charge on any atom is -0.493 e. The lowest BCUT2D eigenvalue weighted by Crippen LogP contribution is -2.24. The third-order valence-corrected chi connectivity index (χ3v) is 6.69. The van der Waals surface area contributed by atoms with Crippen molar-refractivity contribution in [2.24, 2.45) is 0 Å². The van der Waals surface area contributed by atoms with E-state index in [4.69, 9.17) is 54.1 Å². The topological polar surface area (TPSA) is 94.1 Å². The van der Waals surface area contributed by atoms with Crippen LogP contribution in [-0.4, -0.2) is 30.3 Å². The molecule has 1 aliphatic rings. The van der Waals surface area contributed by atoms with Crippen LogP contribution in [0.1, 0.15) is 46.9 Å². The van der Waals surface area contributed by atoms with Crippen LogP contribution >= 0.6 is 34.8 Å². The smallest absolute Gasteiger partial charge is 0.493 e. The summed E-state index contributed by atoms with van der Waals surface area (Å²) < 4.78 is 16.4. The zero-order valence-electron chi connectivity index (χ0n) is 19.6. The number of aryl methyl sites for hydroxylation is 1. The van der Waals surface area contributed by atoms with Gasteiger partial charge < -0.3 is 24.6 Å². The lowest BCUT2D eigenvalue weighted by molar-refractivity contribution is 0.0326. The molecule has 10 heteroatoms. The first-order valence-electron chi connectivity index (χ1n) is 11.7. The summed E-state index contributed by atoms with van der Waals surface area (Å²) in [6.07, 6.45) is 0.880. The molecule has 3 aromatic carbocycles. The van der Waals surface area contributed by atoms with E-state index in [1.165, 1.54) is 0 Å². The highest BCUT2D eigenvalue weighted by molar-refractivity contribution is 6.35. The van der Waals surface area contributed by atoms with Crippen molar-refractivity contribution in [3.05, 3.63) is 86.4 Å². The quantitative estimate of drug-likeness (QED) is 0.204. The van der Waals surface area contributed by atoms with Crippen molar-refractivity contribution in [2.75, 3.05) is 13.2 Å². The molecule has 0 aliphatic carbocycles. The van der Waals surface area contributed by atoms with Gasteiger partial charge in [-0.05, 0) is 67.3 Å².